The zero-order valence-electron chi connectivity index (χ0n) is 27.8. The zero-order chi connectivity index (χ0) is 34.7. The molecule has 3 unspecified atom stereocenters. The standard InChI is InChI=1S/C36H39F3N6O3S/c1-22(2)31-16-15-30(47-4)20-32(31)45-23(3)17-18-49-35(45)42-34(46)41-27-10-9-26(19-27)24-5-7-25(8-6-24)33-40-21-44(43-33)28-11-13-29(14-12-28)48-36(37,38)39/h5-8,11-16,20-23,26-27H,9-10,17-19H2,1-4H3,(H,41,46). The van der Waals surface area contributed by atoms with Crippen molar-refractivity contribution in [2.24, 2.45) is 4.99 Å². The molecule has 1 aliphatic heterocycles. The molecule has 3 atom stereocenters. The van der Waals surface area contributed by atoms with Gasteiger partial charge in [-0.05, 0) is 85.9 Å². The molecule has 1 saturated heterocycles. The van der Waals surface area contributed by atoms with Gasteiger partial charge in [0.1, 0.15) is 17.8 Å². The van der Waals surface area contributed by atoms with Gasteiger partial charge in [0.25, 0.3) is 0 Å². The summed E-state index contributed by atoms with van der Waals surface area (Å²) in [4.78, 5) is 24.5. The fourth-order valence-corrected chi connectivity index (χ4v) is 7.62. The number of urea groups is 1. The summed E-state index contributed by atoms with van der Waals surface area (Å²) in [7, 11) is 1.66. The molecule has 1 saturated carbocycles. The van der Waals surface area contributed by atoms with E-state index in [-0.39, 0.29) is 23.9 Å². The van der Waals surface area contributed by atoms with Crippen molar-refractivity contribution in [1.29, 1.82) is 0 Å². The SMILES string of the molecule is COc1ccc(C(C)C)c(N2C(=NC(=O)NC3CCC(c4ccc(-c5ncn(-c6ccc(OC(F)(F)F)cc6)n5)cc4)C3)SCCC2C)c1. The number of anilines is 1. The van der Waals surface area contributed by atoms with Crippen LogP contribution in [0.1, 0.15) is 69.4 Å². The number of carbonyl (C=O) groups excluding carboxylic acids is 1. The van der Waals surface area contributed by atoms with E-state index in [1.165, 1.54) is 46.4 Å². The molecule has 1 aliphatic carbocycles. The molecule has 2 heterocycles. The highest BCUT2D eigenvalue weighted by atomic mass is 32.2. The molecule has 49 heavy (non-hydrogen) atoms. The number of ether oxygens (including phenoxy) is 2. The lowest BCUT2D eigenvalue weighted by molar-refractivity contribution is -0.274. The molecular formula is C36H39F3N6O3S. The number of hydrogen-bond donors (Lipinski definition) is 1. The third-order valence-corrected chi connectivity index (χ3v) is 9.94. The van der Waals surface area contributed by atoms with E-state index < -0.39 is 6.36 Å². The van der Waals surface area contributed by atoms with E-state index in [4.69, 9.17) is 4.74 Å². The summed E-state index contributed by atoms with van der Waals surface area (Å²) >= 11 is 1.61. The molecule has 2 amide bonds. The maximum Gasteiger partial charge on any atom is 0.573 e. The summed E-state index contributed by atoms with van der Waals surface area (Å²) in [6.07, 6.45) is 0.380. The minimum atomic E-state index is -4.75. The number of benzene rings is 3. The Morgan fingerprint density at radius 1 is 1.02 bits per heavy atom. The van der Waals surface area contributed by atoms with Crippen molar-refractivity contribution >= 4 is 28.6 Å². The van der Waals surface area contributed by atoms with Crippen LogP contribution in [0.2, 0.25) is 0 Å². The van der Waals surface area contributed by atoms with Gasteiger partial charge in [-0.25, -0.2) is 14.5 Å². The minimum Gasteiger partial charge on any atom is -0.497 e. The van der Waals surface area contributed by atoms with E-state index in [0.717, 1.165) is 48.4 Å². The minimum absolute atomic E-state index is 0.0225. The summed E-state index contributed by atoms with van der Waals surface area (Å²) in [5.74, 6) is 2.45. The Morgan fingerprint density at radius 3 is 2.45 bits per heavy atom. The predicted octanol–water partition coefficient (Wildman–Crippen LogP) is 8.70. The first-order valence-corrected chi connectivity index (χ1v) is 17.3. The first kappa shape index (κ1) is 34.3. The number of amidine groups is 1. The number of aliphatic imine (C=N–C) groups is 1. The van der Waals surface area contributed by atoms with Gasteiger partial charge >= 0.3 is 12.4 Å². The Hall–Kier alpha value is -4.52. The van der Waals surface area contributed by atoms with Gasteiger partial charge in [-0.1, -0.05) is 55.9 Å². The van der Waals surface area contributed by atoms with Crippen molar-refractivity contribution in [2.45, 2.75) is 76.7 Å². The van der Waals surface area contributed by atoms with Gasteiger partial charge < -0.3 is 19.7 Å². The van der Waals surface area contributed by atoms with Crippen molar-refractivity contribution in [1.82, 2.24) is 20.1 Å². The third-order valence-electron chi connectivity index (χ3n) is 8.96. The number of rotatable bonds is 8. The Morgan fingerprint density at radius 2 is 1.76 bits per heavy atom. The third kappa shape index (κ3) is 8.21. The van der Waals surface area contributed by atoms with Crippen molar-refractivity contribution in [3.63, 3.8) is 0 Å². The number of hydrogen-bond acceptors (Lipinski definition) is 6. The number of aromatic nitrogens is 3. The lowest BCUT2D eigenvalue weighted by Gasteiger charge is -2.37. The van der Waals surface area contributed by atoms with Crippen LogP contribution in [0.3, 0.4) is 0 Å². The lowest BCUT2D eigenvalue weighted by Crippen LogP contribution is -2.43. The fourth-order valence-electron chi connectivity index (χ4n) is 6.42. The Labute approximate surface area is 287 Å². The Bertz CT molecular complexity index is 1790. The molecule has 0 spiro atoms. The summed E-state index contributed by atoms with van der Waals surface area (Å²) < 4.78 is 48.4. The molecule has 6 rings (SSSR count). The molecule has 2 aliphatic rings. The number of halogens is 3. The molecule has 9 nitrogen and oxygen atoms in total. The van der Waals surface area contributed by atoms with Crippen LogP contribution in [0.15, 0.2) is 78.0 Å². The number of carbonyl (C=O) groups is 1. The Kier molecular flexibility index (Phi) is 10.2. The van der Waals surface area contributed by atoms with Gasteiger partial charge in [0.15, 0.2) is 11.0 Å². The van der Waals surface area contributed by atoms with Crippen LogP contribution in [0.5, 0.6) is 11.5 Å². The molecule has 4 aromatic rings. The van der Waals surface area contributed by atoms with Crippen molar-refractivity contribution in [3.8, 4) is 28.6 Å². The summed E-state index contributed by atoms with van der Waals surface area (Å²) in [5.41, 5.74) is 4.76. The van der Waals surface area contributed by atoms with E-state index in [1.807, 2.05) is 24.3 Å². The van der Waals surface area contributed by atoms with Crippen molar-refractivity contribution in [3.05, 3.63) is 84.2 Å². The number of alkyl halides is 3. The van der Waals surface area contributed by atoms with Crippen LogP contribution in [-0.4, -0.2) is 57.3 Å². The van der Waals surface area contributed by atoms with E-state index >= 15 is 0 Å². The summed E-state index contributed by atoms with van der Waals surface area (Å²) in [6, 6.07) is 19.5. The number of nitrogens with one attached hydrogen (secondary N) is 1. The highest BCUT2D eigenvalue weighted by Gasteiger charge is 2.32. The second kappa shape index (κ2) is 14.5. The monoisotopic (exact) mass is 692 g/mol. The highest BCUT2D eigenvalue weighted by molar-refractivity contribution is 8.14. The van der Waals surface area contributed by atoms with Crippen molar-refractivity contribution < 1.29 is 27.4 Å². The maximum absolute atomic E-state index is 13.3. The van der Waals surface area contributed by atoms with Crippen LogP contribution in [-0.2, 0) is 0 Å². The van der Waals surface area contributed by atoms with Gasteiger partial charge in [-0.3, -0.25) is 0 Å². The average molecular weight is 693 g/mol. The number of thioether (sulfide) groups is 1. The molecule has 2 fully saturated rings. The second-order valence-corrected chi connectivity index (χ2v) is 13.7. The predicted molar refractivity (Wildman–Crippen MR) is 186 cm³/mol. The zero-order valence-corrected chi connectivity index (χ0v) is 28.6. The first-order chi connectivity index (χ1) is 23.5. The number of methoxy groups -OCH3 is 1. The number of amides is 2. The Balaban J connectivity index is 1.08. The van der Waals surface area contributed by atoms with Crippen LogP contribution in [0.25, 0.3) is 17.1 Å². The van der Waals surface area contributed by atoms with Crippen molar-refractivity contribution in [2.75, 3.05) is 17.8 Å². The molecule has 258 valence electrons. The van der Waals surface area contributed by atoms with Gasteiger partial charge in [0.2, 0.25) is 0 Å². The average Bonchev–Trinajstić information content (AvgIpc) is 3.75. The highest BCUT2D eigenvalue weighted by Crippen LogP contribution is 2.38. The maximum atomic E-state index is 13.3. The normalized spacial score (nSPS) is 20.5. The van der Waals surface area contributed by atoms with Crippen LogP contribution in [0.4, 0.5) is 23.7 Å². The molecule has 1 N–H and O–H groups in total. The topological polar surface area (TPSA) is 93.9 Å². The molecule has 0 radical (unpaired) electrons. The van der Waals surface area contributed by atoms with Crippen LogP contribution < -0.4 is 19.7 Å². The van der Waals surface area contributed by atoms with Gasteiger partial charge in [0, 0.05) is 29.5 Å². The van der Waals surface area contributed by atoms with E-state index in [0.29, 0.717) is 28.5 Å². The quantitative estimate of drug-likeness (QED) is 0.198. The molecule has 3 aromatic carbocycles. The molecule has 13 heteroatoms. The van der Waals surface area contributed by atoms with Gasteiger partial charge in [0.05, 0.1) is 18.5 Å². The smallest absolute Gasteiger partial charge is 0.497 e. The summed E-state index contributed by atoms with van der Waals surface area (Å²) in [6.45, 7) is 6.50. The molecular weight excluding hydrogens is 653 g/mol. The van der Waals surface area contributed by atoms with E-state index in [1.54, 1.807) is 18.9 Å². The van der Waals surface area contributed by atoms with Crippen LogP contribution in [0, 0.1) is 0 Å². The van der Waals surface area contributed by atoms with Crippen LogP contribution >= 0.6 is 11.8 Å². The van der Waals surface area contributed by atoms with Gasteiger partial charge in [-0.15, -0.1) is 18.3 Å². The fraction of sp³-hybridized carbons (Fsp3) is 0.389. The molecule has 1 aromatic heterocycles. The summed E-state index contributed by atoms with van der Waals surface area (Å²) in [5, 5.41) is 8.37. The number of nitrogens with zero attached hydrogens (tertiary/aromatic N) is 5. The van der Waals surface area contributed by atoms with E-state index in [9.17, 15) is 18.0 Å². The first-order valence-electron chi connectivity index (χ1n) is 16.3. The lowest BCUT2D eigenvalue weighted by atomic mass is 9.96. The second-order valence-electron chi connectivity index (χ2n) is 12.7. The van der Waals surface area contributed by atoms with Gasteiger partial charge in [-0.2, -0.15) is 4.99 Å². The molecule has 0 bridgehead atoms. The largest absolute Gasteiger partial charge is 0.573 e. The van der Waals surface area contributed by atoms with E-state index in [2.05, 4.69) is 69.0 Å².